The third-order valence-corrected chi connectivity index (χ3v) is 2.70. The van der Waals surface area contributed by atoms with Crippen molar-refractivity contribution in [2.45, 2.75) is 19.9 Å². The van der Waals surface area contributed by atoms with Gasteiger partial charge in [0.25, 0.3) is 10.3 Å². The second-order valence-electron chi connectivity index (χ2n) is 2.79. The van der Waals surface area contributed by atoms with E-state index in [1.165, 1.54) is 0 Å². The van der Waals surface area contributed by atoms with Gasteiger partial charge in [0.15, 0.2) is 0 Å². The van der Waals surface area contributed by atoms with E-state index >= 15 is 0 Å². The fourth-order valence-electron chi connectivity index (χ4n) is 1.19. The summed E-state index contributed by atoms with van der Waals surface area (Å²) < 4.78 is 25.1. The van der Waals surface area contributed by atoms with Gasteiger partial charge in [-0.15, -0.1) is 0 Å². The molecule has 0 saturated heterocycles. The summed E-state index contributed by atoms with van der Waals surface area (Å²) >= 11 is 0. The van der Waals surface area contributed by atoms with E-state index in [0.717, 1.165) is 0 Å². The maximum absolute atomic E-state index is 10.8. The minimum atomic E-state index is -2.15. The normalized spacial score (nSPS) is 9.79. The van der Waals surface area contributed by atoms with Crippen molar-refractivity contribution >= 4 is 15.3 Å². The highest BCUT2D eigenvalue weighted by Crippen LogP contribution is 1.89. The SMILES string of the molecule is C=CC[n+]1ccn(C(CC)=S(=O)=O)c1. The molecule has 4 nitrogen and oxygen atoms in total. The van der Waals surface area contributed by atoms with Crippen LogP contribution in [-0.2, 0) is 16.8 Å². The minimum Gasteiger partial charge on any atom is -0.233 e. The molecule has 1 heterocycles. The van der Waals surface area contributed by atoms with Crippen molar-refractivity contribution < 1.29 is 13.0 Å². The number of nitrogens with zero attached hydrogens (tertiary/aromatic N) is 2. The lowest BCUT2D eigenvalue weighted by Crippen LogP contribution is -2.30. The molecule has 0 aliphatic carbocycles. The Balaban J connectivity index is 3.08. The lowest BCUT2D eigenvalue weighted by Gasteiger charge is -1.90. The van der Waals surface area contributed by atoms with Gasteiger partial charge in [-0.3, -0.25) is 0 Å². The van der Waals surface area contributed by atoms with Crippen LogP contribution in [0, 0.1) is 0 Å². The third-order valence-electron chi connectivity index (χ3n) is 1.81. The lowest BCUT2D eigenvalue weighted by atomic mass is 10.5. The molecule has 0 aromatic carbocycles. The molecular formula is C9H13N2O2S+. The summed E-state index contributed by atoms with van der Waals surface area (Å²) in [5, 5.41) is 0. The zero-order valence-corrected chi connectivity index (χ0v) is 8.87. The molecule has 1 aromatic rings. The summed E-state index contributed by atoms with van der Waals surface area (Å²) in [5.41, 5.74) is 0. The first-order valence-electron chi connectivity index (χ1n) is 4.32. The van der Waals surface area contributed by atoms with Crippen LogP contribution in [-0.4, -0.2) is 18.0 Å². The van der Waals surface area contributed by atoms with Gasteiger partial charge in [-0.1, -0.05) is 19.6 Å². The van der Waals surface area contributed by atoms with E-state index in [-0.39, 0.29) is 0 Å². The smallest absolute Gasteiger partial charge is 0.233 e. The fraction of sp³-hybridized carbons (Fsp3) is 0.333. The van der Waals surface area contributed by atoms with Gasteiger partial charge in [0, 0.05) is 6.42 Å². The van der Waals surface area contributed by atoms with Gasteiger partial charge in [-0.05, 0) is 0 Å². The predicted octanol–water partition coefficient (Wildman–Crippen LogP) is 0.229. The van der Waals surface area contributed by atoms with E-state index in [1.807, 2.05) is 17.7 Å². The number of aromatic nitrogens is 2. The van der Waals surface area contributed by atoms with Gasteiger partial charge in [0.2, 0.25) is 11.3 Å². The zero-order valence-electron chi connectivity index (χ0n) is 8.05. The van der Waals surface area contributed by atoms with Crippen molar-refractivity contribution in [2.24, 2.45) is 0 Å². The van der Waals surface area contributed by atoms with Gasteiger partial charge >= 0.3 is 0 Å². The first kappa shape index (κ1) is 10.7. The van der Waals surface area contributed by atoms with Crippen LogP contribution in [0.25, 0.3) is 0 Å². The van der Waals surface area contributed by atoms with E-state index in [4.69, 9.17) is 0 Å². The molecule has 1 rings (SSSR count). The third kappa shape index (κ3) is 2.32. The van der Waals surface area contributed by atoms with Crippen molar-refractivity contribution in [1.82, 2.24) is 4.57 Å². The Hall–Kier alpha value is -1.36. The van der Waals surface area contributed by atoms with Crippen LogP contribution in [0.15, 0.2) is 31.4 Å². The molecule has 0 amide bonds. The summed E-state index contributed by atoms with van der Waals surface area (Å²) in [6, 6.07) is 0. The highest BCUT2D eigenvalue weighted by atomic mass is 32.2. The molecule has 76 valence electrons. The van der Waals surface area contributed by atoms with Crippen LogP contribution in [0.3, 0.4) is 0 Å². The Bertz CT molecular complexity index is 449. The highest BCUT2D eigenvalue weighted by Gasteiger charge is 2.09. The Morgan fingerprint density at radius 1 is 1.64 bits per heavy atom. The minimum absolute atomic E-state index is 0.368. The van der Waals surface area contributed by atoms with Crippen LogP contribution in [0.1, 0.15) is 13.3 Å². The van der Waals surface area contributed by atoms with E-state index in [1.54, 1.807) is 23.2 Å². The number of imidazole rings is 1. The Morgan fingerprint density at radius 3 is 2.86 bits per heavy atom. The monoisotopic (exact) mass is 213 g/mol. The largest absolute Gasteiger partial charge is 0.257 e. The second-order valence-corrected chi connectivity index (χ2v) is 3.73. The number of allylic oxidation sites excluding steroid dienone is 1. The molecule has 0 aliphatic heterocycles. The topological polar surface area (TPSA) is 43.0 Å². The van der Waals surface area contributed by atoms with E-state index < -0.39 is 10.3 Å². The number of hydrogen-bond donors (Lipinski definition) is 0. The van der Waals surface area contributed by atoms with Crippen molar-refractivity contribution in [3.05, 3.63) is 31.4 Å². The molecule has 1 aromatic heterocycles. The fourth-order valence-corrected chi connectivity index (χ4v) is 1.70. The molecule has 0 unspecified atom stereocenters. The summed E-state index contributed by atoms with van der Waals surface area (Å²) in [5.74, 6) is 0. The molecule has 0 spiro atoms. The van der Waals surface area contributed by atoms with E-state index in [0.29, 0.717) is 18.0 Å². The van der Waals surface area contributed by atoms with E-state index in [2.05, 4.69) is 6.58 Å². The van der Waals surface area contributed by atoms with Crippen molar-refractivity contribution in [3.8, 4) is 0 Å². The van der Waals surface area contributed by atoms with Crippen molar-refractivity contribution in [2.75, 3.05) is 0 Å². The lowest BCUT2D eigenvalue weighted by molar-refractivity contribution is -0.686. The van der Waals surface area contributed by atoms with Crippen LogP contribution < -0.4 is 4.57 Å². The number of hydrogen-bond acceptors (Lipinski definition) is 2. The van der Waals surface area contributed by atoms with Crippen LogP contribution in [0.2, 0.25) is 0 Å². The molecule has 0 radical (unpaired) electrons. The Morgan fingerprint density at radius 2 is 2.36 bits per heavy atom. The number of rotatable bonds is 3. The Kier molecular flexibility index (Phi) is 3.64. The van der Waals surface area contributed by atoms with Gasteiger partial charge in [-0.25, -0.2) is 4.57 Å². The van der Waals surface area contributed by atoms with Crippen molar-refractivity contribution in [3.63, 3.8) is 0 Å². The molecule has 0 N–H and O–H groups in total. The first-order valence-corrected chi connectivity index (χ1v) is 5.40. The highest BCUT2D eigenvalue weighted by molar-refractivity contribution is 7.72. The second kappa shape index (κ2) is 4.76. The Labute approximate surface area is 84.6 Å². The van der Waals surface area contributed by atoms with Crippen LogP contribution in [0.5, 0.6) is 0 Å². The zero-order chi connectivity index (χ0) is 10.6. The maximum atomic E-state index is 10.8. The van der Waals surface area contributed by atoms with Crippen LogP contribution >= 0.6 is 0 Å². The quantitative estimate of drug-likeness (QED) is 0.410. The molecule has 14 heavy (non-hydrogen) atoms. The predicted molar refractivity (Wildman–Crippen MR) is 54.4 cm³/mol. The summed E-state index contributed by atoms with van der Waals surface area (Å²) in [7, 11) is -2.15. The molecule has 0 saturated carbocycles. The summed E-state index contributed by atoms with van der Waals surface area (Å²) in [4.78, 5) is 0.368. The molecular weight excluding hydrogens is 200 g/mol. The summed E-state index contributed by atoms with van der Waals surface area (Å²) in [6.45, 7) is 6.09. The molecule has 5 heteroatoms. The molecule has 0 atom stereocenters. The van der Waals surface area contributed by atoms with Gasteiger partial charge in [0.1, 0.15) is 18.9 Å². The van der Waals surface area contributed by atoms with Gasteiger partial charge < -0.3 is 0 Å². The standard InChI is InChI=1S/C9H13N2O2S/c1-3-5-10-6-7-11(8-10)9(4-2)14(12)13/h3,6-8H,1,4-5H2,2H3/q+1. The molecule has 0 fully saturated rings. The molecule has 0 aliphatic rings. The molecule has 0 bridgehead atoms. The first-order chi connectivity index (χ1) is 6.69. The van der Waals surface area contributed by atoms with Crippen LogP contribution in [0.4, 0.5) is 0 Å². The average molecular weight is 213 g/mol. The van der Waals surface area contributed by atoms with Gasteiger partial charge in [-0.2, -0.15) is 13.0 Å². The van der Waals surface area contributed by atoms with Gasteiger partial charge in [0.05, 0.1) is 0 Å². The average Bonchev–Trinajstić information content (AvgIpc) is 2.54. The van der Waals surface area contributed by atoms with Crippen molar-refractivity contribution in [1.29, 1.82) is 0 Å². The maximum Gasteiger partial charge on any atom is 0.257 e. The summed E-state index contributed by atoms with van der Waals surface area (Å²) in [6.07, 6.45) is 7.50. The van der Waals surface area contributed by atoms with E-state index in [9.17, 15) is 8.42 Å².